The van der Waals surface area contributed by atoms with Crippen molar-refractivity contribution < 1.29 is 4.79 Å². The number of hydrogen-bond donors (Lipinski definition) is 1. The van der Waals surface area contributed by atoms with E-state index in [9.17, 15) is 4.79 Å². The molecule has 2 aromatic carbocycles. The zero-order valence-electron chi connectivity index (χ0n) is 14.3. The summed E-state index contributed by atoms with van der Waals surface area (Å²) in [6, 6.07) is 15.9. The first-order chi connectivity index (χ1) is 12.7. The number of para-hydroxylation sites is 1. The Morgan fingerprint density at radius 3 is 3.00 bits per heavy atom. The van der Waals surface area contributed by atoms with Crippen molar-refractivity contribution in [1.82, 2.24) is 15.2 Å². The average molecular weight is 386 g/mol. The van der Waals surface area contributed by atoms with Crippen molar-refractivity contribution >= 4 is 39.1 Å². The first kappa shape index (κ1) is 17.5. The van der Waals surface area contributed by atoms with Gasteiger partial charge in [0.1, 0.15) is 0 Å². The number of piperazine rings is 1. The van der Waals surface area contributed by atoms with Gasteiger partial charge in [0, 0.05) is 37.5 Å². The Kier molecular flexibility index (Phi) is 5.20. The standard InChI is InChI=1S/C20H20ClN3OS/c21-15-5-3-4-14(12-15)17-13-22-10-11-24(17)20(25)9-8-19-23-16-6-1-2-7-18(16)26-19/h1-7,12,17,22H,8-11,13H2. The predicted octanol–water partition coefficient (Wildman–Crippen LogP) is 4.06. The summed E-state index contributed by atoms with van der Waals surface area (Å²) in [4.78, 5) is 19.5. The molecule has 0 aliphatic carbocycles. The zero-order valence-corrected chi connectivity index (χ0v) is 15.9. The number of carbonyl (C=O) groups excluding carboxylic acids is 1. The van der Waals surface area contributed by atoms with Gasteiger partial charge in [-0.05, 0) is 29.8 Å². The number of aromatic nitrogens is 1. The second kappa shape index (κ2) is 7.74. The molecule has 0 spiro atoms. The van der Waals surface area contributed by atoms with E-state index in [1.807, 2.05) is 47.4 Å². The van der Waals surface area contributed by atoms with Gasteiger partial charge in [-0.2, -0.15) is 0 Å². The van der Waals surface area contributed by atoms with Crippen LogP contribution >= 0.6 is 22.9 Å². The summed E-state index contributed by atoms with van der Waals surface area (Å²) in [5.74, 6) is 0.177. The van der Waals surface area contributed by atoms with Gasteiger partial charge in [-0.25, -0.2) is 4.98 Å². The molecule has 1 unspecified atom stereocenters. The van der Waals surface area contributed by atoms with Crippen molar-refractivity contribution in [2.45, 2.75) is 18.9 Å². The fraction of sp³-hybridized carbons (Fsp3) is 0.300. The Hall–Kier alpha value is -1.95. The molecule has 4 nitrogen and oxygen atoms in total. The molecule has 2 heterocycles. The molecule has 1 aliphatic rings. The van der Waals surface area contributed by atoms with Gasteiger partial charge in [0.05, 0.1) is 21.3 Å². The lowest BCUT2D eigenvalue weighted by Crippen LogP contribution is -2.48. The van der Waals surface area contributed by atoms with E-state index in [1.165, 1.54) is 4.70 Å². The lowest BCUT2D eigenvalue weighted by Gasteiger charge is -2.36. The molecule has 1 aliphatic heterocycles. The minimum atomic E-state index is 0.0327. The summed E-state index contributed by atoms with van der Waals surface area (Å²) in [7, 11) is 0. The Bertz CT molecular complexity index is 893. The van der Waals surface area contributed by atoms with Crippen LogP contribution in [0.25, 0.3) is 10.2 Å². The van der Waals surface area contributed by atoms with E-state index in [4.69, 9.17) is 11.6 Å². The van der Waals surface area contributed by atoms with E-state index in [0.717, 1.165) is 35.7 Å². The molecule has 1 aromatic heterocycles. The third kappa shape index (κ3) is 3.75. The molecule has 1 fully saturated rings. The molecule has 3 aromatic rings. The molecule has 1 amide bonds. The van der Waals surface area contributed by atoms with E-state index in [1.54, 1.807) is 11.3 Å². The summed E-state index contributed by atoms with van der Waals surface area (Å²) in [6.07, 6.45) is 1.17. The molecule has 1 saturated heterocycles. The maximum absolute atomic E-state index is 12.9. The number of benzene rings is 2. The highest BCUT2D eigenvalue weighted by atomic mass is 35.5. The maximum Gasteiger partial charge on any atom is 0.223 e. The van der Waals surface area contributed by atoms with Crippen LogP contribution in [-0.4, -0.2) is 35.4 Å². The monoisotopic (exact) mass is 385 g/mol. The first-order valence-corrected chi connectivity index (χ1v) is 10.0. The van der Waals surface area contributed by atoms with E-state index >= 15 is 0 Å². The largest absolute Gasteiger partial charge is 0.333 e. The third-order valence-corrected chi connectivity index (χ3v) is 6.02. The van der Waals surface area contributed by atoms with Gasteiger partial charge in [-0.1, -0.05) is 35.9 Å². The van der Waals surface area contributed by atoms with Gasteiger partial charge < -0.3 is 10.2 Å². The SMILES string of the molecule is O=C(CCc1nc2ccccc2s1)N1CCNCC1c1cccc(Cl)c1. The number of hydrogen-bond acceptors (Lipinski definition) is 4. The number of rotatable bonds is 4. The number of thiazole rings is 1. The predicted molar refractivity (Wildman–Crippen MR) is 107 cm³/mol. The van der Waals surface area contributed by atoms with Crippen molar-refractivity contribution in [2.75, 3.05) is 19.6 Å². The Morgan fingerprint density at radius 2 is 2.15 bits per heavy atom. The summed E-state index contributed by atoms with van der Waals surface area (Å²) in [6.45, 7) is 2.30. The van der Waals surface area contributed by atoms with Crippen molar-refractivity contribution in [3.05, 3.63) is 64.1 Å². The Balaban J connectivity index is 1.46. The van der Waals surface area contributed by atoms with E-state index < -0.39 is 0 Å². The Morgan fingerprint density at radius 1 is 1.27 bits per heavy atom. The van der Waals surface area contributed by atoms with Crippen LogP contribution in [0.3, 0.4) is 0 Å². The lowest BCUT2D eigenvalue weighted by atomic mass is 10.0. The quantitative estimate of drug-likeness (QED) is 0.736. The van der Waals surface area contributed by atoms with Crippen LogP contribution in [-0.2, 0) is 11.2 Å². The van der Waals surface area contributed by atoms with Crippen LogP contribution < -0.4 is 5.32 Å². The number of nitrogens with zero attached hydrogens (tertiary/aromatic N) is 2. The van der Waals surface area contributed by atoms with Crippen LogP contribution in [0.5, 0.6) is 0 Å². The van der Waals surface area contributed by atoms with Gasteiger partial charge in [0.2, 0.25) is 5.91 Å². The summed E-state index contributed by atoms with van der Waals surface area (Å²) < 4.78 is 1.17. The minimum Gasteiger partial charge on any atom is -0.333 e. The van der Waals surface area contributed by atoms with Crippen molar-refractivity contribution in [3.8, 4) is 0 Å². The van der Waals surface area contributed by atoms with Crippen LogP contribution in [0, 0.1) is 0 Å². The van der Waals surface area contributed by atoms with Gasteiger partial charge in [0.15, 0.2) is 0 Å². The lowest BCUT2D eigenvalue weighted by molar-refractivity contribution is -0.134. The normalized spacial score (nSPS) is 17.6. The minimum absolute atomic E-state index is 0.0327. The summed E-state index contributed by atoms with van der Waals surface area (Å²) in [5.41, 5.74) is 2.09. The topological polar surface area (TPSA) is 45.2 Å². The van der Waals surface area contributed by atoms with Gasteiger partial charge in [0.25, 0.3) is 0 Å². The smallest absolute Gasteiger partial charge is 0.223 e. The Labute approximate surface area is 161 Å². The molecule has 26 heavy (non-hydrogen) atoms. The zero-order chi connectivity index (χ0) is 17.9. The molecule has 134 valence electrons. The molecule has 1 atom stereocenters. The van der Waals surface area contributed by atoms with Crippen LogP contribution in [0.1, 0.15) is 23.0 Å². The molecule has 0 saturated carbocycles. The van der Waals surface area contributed by atoms with E-state index in [-0.39, 0.29) is 11.9 Å². The maximum atomic E-state index is 12.9. The van der Waals surface area contributed by atoms with Crippen molar-refractivity contribution in [1.29, 1.82) is 0 Å². The van der Waals surface area contributed by atoms with Crippen LogP contribution in [0.2, 0.25) is 5.02 Å². The number of carbonyl (C=O) groups is 1. The fourth-order valence-electron chi connectivity index (χ4n) is 3.40. The van der Waals surface area contributed by atoms with Crippen LogP contribution in [0.15, 0.2) is 48.5 Å². The van der Waals surface area contributed by atoms with Crippen molar-refractivity contribution in [2.24, 2.45) is 0 Å². The highest BCUT2D eigenvalue weighted by molar-refractivity contribution is 7.18. The summed E-state index contributed by atoms with van der Waals surface area (Å²) in [5, 5.41) is 5.11. The molecule has 1 N–H and O–H groups in total. The molecular formula is C20H20ClN3OS. The number of fused-ring (bicyclic) bond motifs is 1. The fourth-order valence-corrected chi connectivity index (χ4v) is 4.56. The van der Waals surface area contributed by atoms with Gasteiger partial charge in [-0.3, -0.25) is 4.79 Å². The number of amides is 1. The molecule has 4 rings (SSSR count). The van der Waals surface area contributed by atoms with E-state index in [2.05, 4.69) is 16.4 Å². The molecule has 0 bridgehead atoms. The number of aryl methyl sites for hydroxylation is 1. The van der Waals surface area contributed by atoms with Gasteiger partial charge >= 0.3 is 0 Å². The highest BCUT2D eigenvalue weighted by Crippen LogP contribution is 2.27. The van der Waals surface area contributed by atoms with Crippen molar-refractivity contribution in [3.63, 3.8) is 0 Å². The van der Waals surface area contributed by atoms with Crippen LogP contribution in [0.4, 0.5) is 0 Å². The van der Waals surface area contributed by atoms with E-state index in [0.29, 0.717) is 17.9 Å². The highest BCUT2D eigenvalue weighted by Gasteiger charge is 2.27. The molecule has 0 radical (unpaired) electrons. The second-order valence-electron chi connectivity index (χ2n) is 6.44. The molecular weight excluding hydrogens is 366 g/mol. The first-order valence-electron chi connectivity index (χ1n) is 8.81. The average Bonchev–Trinajstić information content (AvgIpc) is 3.09. The third-order valence-electron chi connectivity index (χ3n) is 4.69. The summed E-state index contributed by atoms with van der Waals surface area (Å²) >= 11 is 7.81. The van der Waals surface area contributed by atoms with Gasteiger partial charge in [-0.15, -0.1) is 11.3 Å². The molecule has 6 heteroatoms. The second-order valence-corrected chi connectivity index (χ2v) is 7.99. The number of nitrogens with one attached hydrogen (secondary N) is 1. The number of halogens is 1.